The van der Waals surface area contributed by atoms with E-state index in [0.29, 0.717) is 5.92 Å². The van der Waals surface area contributed by atoms with Crippen LogP contribution in [0.5, 0.6) is 0 Å². The van der Waals surface area contributed by atoms with E-state index in [1.165, 1.54) is 23.3 Å². The second kappa shape index (κ2) is 9.99. The maximum absolute atomic E-state index is 4.88. The molecule has 0 saturated heterocycles. The normalized spacial score (nSPS) is 14.7. The number of nitrogens with zero attached hydrogens (tertiary/aromatic N) is 1. The number of benzene rings is 1. The Morgan fingerprint density at radius 1 is 1.22 bits per heavy atom. The van der Waals surface area contributed by atoms with Gasteiger partial charge < -0.3 is 0 Å². The van der Waals surface area contributed by atoms with Crippen LogP contribution in [0.3, 0.4) is 0 Å². The maximum Gasteiger partial charge on any atom is 0.0621 e. The van der Waals surface area contributed by atoms with E-state index in [4.69, 9.17) is 4.99 Å². The van der Waals surface area contributed by atoms with Crippen molar-refractivity contribution in [2.45, 2.75) is 53.9 Å². The van der Waals surface area contributed by atoms with E-state index in [2.05, 4.69) is 71.5 Å². The van der Waals surface area contributed by atoms with Gasteiger partial charge in [0, 0.05) is 5.71 Å². The van der Waals surface area contributed by atoms with E-state index in [0.717, 1.165) is 24.1 Å². The van der Waals surface area contributed by atoms with Crippen LogP contribution in [0.15, 0.2) is 65.3 Å². The van der Waals surface area contributed by atoms with Crippen LogP contribution in [-0.2, 0) is 6.42 Å². The molecule has 1 unspecified atom stereocenters. The first-order valence-corrected chi connectivity index (χ1v) is 8.55. The molecule has 1 nitrogen and oxygen atoms in total. The molecular formula is C22H31N. The highest BCUT2D eigenvalue weighted by Gasteiger charge is 2.04. The predicted molar refractivity (Wildman–Crippen MR) is 104 cm³/mol. The van der Waals surface area contributed by atoms with Gasteiger partial charge in [-0.1, -0.05) is 74.9 Å². The minimum absolute atomic E-state index is 0.681. The van der Waals surface area contributed by atoms with Crippen molar-refractivity contribution in [1.29, 1.82) is 0 Å². The molecule has 23 heavy (non-hydrogen) atoms. The van der Waals surface area contributed by atoms with Crippen LogP contribution in [0.2, 0.25) is 0 Å². The highest BCUT2D eigenvalue weighted by atomic mass is 14.8. The number of hydrogen-bond donors (Lipinski definition) is 0. The van der Waals surface area contributed by atoms with Gasteiger partial charge in [-0.3, -0.25) is 4.99 Å². The van der Waals surface area contributed by atoms with Gasteiger partial charge in [-0.15, -0.1) is 0 Å². The zero-order valence-corrected chi connectivity index (χ0v) is 15.4. The van der Waals surface area contributed by atoms with Gasteiger partial charge in [-0.25, -0.2) is 0 Å². The van der Waals surface area contributed by atoms with Crippen molar-refractivity contribution in [3.63, 3.8) is 0 Å². The van der Waals surface area contributed by atoms with E-state index >= 15 is 0 Å². The molecule has 1 rings (SSSR count). The number of aryl methyl sites for hydroxylation is 1. The van der Waals surface area contributed by atoms with Crippen LogP contribution in [0, 0.1) is 12.8 Å². The smallest absolute Gasteiger partial charge is 0.0621 e. The molecule has 0 aliphatic carbocycles. The van der Waals surface area contributed by atoms with Crippen molar-refractivity contribution in [1.82, 2.24) is 0 Å². The third-order valence-electron chi connectivity index (χ3n) is 4.08. The summed E-state index contributed by atoms with van der Waals surface area (Å²) in [6.45, 7) is 14.7. The topological polar surface area (TPSA) is 12.4 Å². The molecule has 124 valence electrons. The number of hydrogen-bond acceptors (Lipinski definition) is 1. The Labute approximate surface area is 142 Å². The van der Waals surface area contributed by atoms with Crippen LogP contribution < -0.4 is 0 Å². The molecule has 0 aliphatic rings. The average Bonchev–Trinajstić information content (AvgIpc) is 2.52. The fourth-order valence-corrected chi connectivity index (χ4v) is 2.40. The SMILES string of the molecule is C=C/C=C(C)\C(=C/Cc1ccc(C)cc1)N=C(C)CC(C)CC. The van der Waals surface area contributed by atoms with Gasteiger partial charge in [0.2, 0.25) is 0 Å². The Balaban J connectivity index is 2.97. The molecule has 0 bridgehead atoms. The monoisotopic (exact) mass is 309 g/mol. The summed E-state index contributed by atoms with van der Waals surface area (Å²) in [5.74, 6) is 0.681. The molecule has 0 radical (unpaired) electrons. The van der Waals surface area contributed by atoms with Crippen molar-refractivity contribution in [3.8, 4) is 0 Å². The third kappa shape index (κ3) is 7.27. The molecule has 0 N–H and O–H groups in total. The Hall–Kier alpha value is -1.89. The van der Waals surface area contributed by atoms with E-state index in [1.54, 1.807) is 0 Å². The summed E-state index contributed by atoms with van der Waals surface area (Å²) in [6, 6.07) is 8.69. The molecule has 0 fully saturated rings. The molecule has 1 aromatic carbocycles. The molecule has 0 spiro atoms. The molecule has 0 amide bonds. The van der Waals surface area contributed by atoms with Gasteiger partial charge >= 0.3 is 0 Å². The Bertz CT molecular complexity index is 585. The average molecular weight is 309 g/mol. The van der Waals surface area contributed by atoms with Gasteiger partial charge in [-0.05, 0) is 50.7 Å². The van der Waals surface area contributed by atoms with Crippen LogP contribution >= 0.6 is 0 Å². The lowest BCUT2D eigenvalue weighted by molar-refractivity contribution is 0.586. The van der Waals surface area contributed by atoms with Crippen LogP contribution in [0.25, 0.3) is 0 Å². The molecule has 1 atom stereocenters. The summed E-state index contributed by atoms with van der Waals surface area (Å²) < 4.78 is 0. The van der Waals surface area contributed by atoms with E-state index < -0.39 is 0 Å². The first-order valence-electron chi connectivity index (χ1n) is 8.55. The molecule has 0 aliphatic heterocycles. The lowest BCUT2D eigenvalue weighted by Crippen LogP contribution is -2.02. The fourth-order valence-electron chi connectivity index (χ4n) is 2.40. The van der Waals surface area contributed by atoms with E-state index in [1.807, 2.05) is 12.2 Å². The van der Waals surface area contributed by atoms with Gasteiger partial charge in [0.15, 0.2) is 0 Å². The lowest BCUT2D eigenvalue weighted by Gasteiger charge is -2.10. The van der Waals surface area contributed by atoms with Gasteiger partial charge in [0.1, 0.15) is 0 Å². The fraction of sp³-hybridized carbons (Fsp3) is 0.409. The molecule has 1 heteroatoms. The minimum Gasteiger partial charge on any atom is -0.258 e. The second-order valence-electron chi connectivity index (χ2n) is 6.43. The van der Waals surface area contributed by atoms with Crippen molar-refractivity contribution in [2.24, 2.45) is 10.9 Å². The van der Waals surface area contributed by atoms with Crippen LogP contribution in [0.4, 0.5) is 0 Å². The zero-order chi connectivity index (χ0) is 17.2. The van der Waals surface area contributed by atoms with Crippen LogP contribution in [0.1, 0.15) is 51.7 Å². The predicted octanol–water partition coefficient (Wildman–Crippen LogP) is 6.45. The number of aliphatic imine (C=N–C) groups is 1. The highest BCUT2D eigenvalue weighted by molar-refractivity contribution is 5.83. The Kier molecular flexibility index (Phi) is 8.32. The molecule has 0 aromatic heterocycles. The molecule has 0 heterocycles. The van der Waals surface area contributed by atoms with Gasteiger partial charge in [-0.2, -0.15) is 0 Å². The summed E-state index contributed by atoms with van der Waals surface area (Å²) in [7, 11) is 0. The van der Waals surface area contributed by atoms with Gasteiger partial charge in [0.05, 0.1) is 5.70 Å². The second-order valence-corrected chi connectivity index (χ2v) is 6.43. The Morgan fingerprint density at radius 2 is 1.87 bits per heavy atom. The summed E-state index contributed by atoms with van der Waals surface area (Å²) >= 11 is 0. The summed E-state index contributed by atoms with van der Waals surface area (Å²) in [5, 5.41) is 0. The first-order chi connectivity index (χ1) is 11.0. The number of allylic oxidation sites excluding steroid dienone is 4. The van der Waals surface area contributed by atoms with Crippen LogP contribution in [-0.4, -0.2) is 5.71 Å². The summed E-state index contributed by atoms with van der Waals surface area (Å²) in [4.78, 5) is 4.88. The third-order valence-corrected chi connectivity index (χ3v) is 4.08. The lowest BCUT2D eigenvalue weighted by atomic mass is 10.0. The first kappa shape index (κ1) is 19.2. The summed E-state index contributed by atoms with van der Waals surface area (Å²) in [5.41, 5.74) is 6.03. The molecule has 0 saturated carbocycles. The van der Waals surface area contributed by atoms with Crippen molar-refractivity contribution in [3.05, 3.63) is 71.5 Å². The summed E-state index contributed by atoms with van der Waals surface area (Å²) in [6.07, 6.45) is 9.23. The largest absolute Gasteiger partial charge is 0.258 e. The quantitative estimate of drug-likeness (QED) is 0.386. The Morgan fingerprint density at radius 3 is 2.43 bits per heavy atom. The van der Waals surface area contributed by atoms with E-state index in [-0.39, 0.29) is 0 Å². The van der Waals surface area contributed by atoms with Crippen molar-refractivity contribution >= 4 is 5.71 Å². The van der Waals surface area contributed by atoms with Crippen molar-refractivity contribution in [2.75, 3.05) is 0 Å². The number of rotatable bonds is 8. The maximum atomic E-state index is 4.88. The van der Waals surface area contributed by atoms with Gasteiger partial charge in [0.25, 0.3) is 0 Å². The minimum atomic E-state index is 0.681. The van der Waals surface area contributed by atoms with E-state index in [9.17, 15) is 0 Å². The van der Waals surface area contributed by atoms with Crippen molar-refractivity contribution < 1.29 is 0 Å². The zero-order valence-electron chi connectivity index (χ0n) is 15.4. The molecule has 1 aromatic rings. The standard InChI is InChI=1S/C22H31N/c1-7-9-19(5)22(23-20(6)16-17(3)8-2)15-14-21-12-10-18(4)11-13-21/h7,9-13,15,17H,1,8,14,16H2,2-6H3/b19-9-,22-15+,23-20?. The molecular weight excluding hydrogens is 278 g/mol. The highest BCUT2D eigenvalue weighted by Crippen LogP contribution is 2.16.